The Labute approximate surface area is 216 Å². The highest BCUT2D eigenvalue weighted by Gasteiger charge is 2.39. The molecule has 2 aromatic carbocycles. The summed E-state index contributed by atoms with van der Waals surface area (Å²) in [4.78, 5) is 29.7. The molecule has 0 fully saturated rings. The first-order valence-electron chi connectivity index (χ1n) is 10.6. The number of aliphatic hydroxyl groups is 1. The molecule has 0 aliphatic rings. The molecule has 15 heteroatoms. The van der Waals surface area contributed by atoms with Gasteiger partial charge < -0.3 is 10.4 Å². The van der Waals surface area contributed by atoms with E-state index < -0.39 is 37.0 Å². The van der Waals surface area contributed by atoms with Gasteiger partial charge in [0, 0.05) is 17.6 Å². The molecular formula is C22H18Cl2F3N7O3. The predicted octanol–water partition coefficient (Wildman–Crippen LogP) is 2.93. The second kappa shape index (κ2) is 10.4. The molecule has 2 heterocycles. The van der Waals surface area contributed by atoms with E-state index in [2.05, 4.69) is 20.5 Å². The second-order valence-electron chi connectivity index (χ2n) is 7.73. The van der Waals surface area contributed by atoms with Crippen LogP contribution >= 0.6 is 23.2 Å². The van der Waals surface area contributed by atoms with Crippen molar-refractivity contribution in [3.8, 4) is 17.1 Å². The van der Waals surface area contributed by atoms with Crippen molar-refractivity contribution in [2.75, 3.05) is 7.05 Å². The standard InChI is InChI=1S/C22H18Cl2F3N7O3/c1-28-20(36)19-29-17(30-34(19)15-5-3-2-4-14(15)24)11-33-21(37)32(10-16(35)22(25,26)27)18(31-33)12-6-8-13(23)9-7-12/h2-9,16,35H,10-11H2,1H3,(H,28,36)/t16-/m0/s1. The van der Waals surface area contributed by atoms with E-state index in [-0.39, 0.29) is 28.1 Å². The fraction of sp³-hybridized carbons (Fsp3) is 0.227. The zero-order chi connectivity index (χ0) is 26.9. The Morgan fingerprint density at radius 2 is 1.78 bits per heavy atom. The van der Waals surface area contributed by atoms with Crippen molar-refractivity contribution in [2.45, 2.75) is 25.4 Å². The SMILES string of the molecule is CNC(=O)c1nc(Cn2nc(-c3ccc(Cl)cc3)n(C[C@H](O)C(F)(F)F)c2=O)nn1-c1ccccc1Cl. The summed E-state index contributed by atoms with van der Waals surface area (Å²) in [6, 6.07) is 12.4. The van der Waals surface area contributed by atoms with Crippen LogP contribution in [0.25, 0.3) is 17.1 Å². The molecule has 0 aliphatic heterocycles. The Morgan fingerprint density at radius 1 is 1.11 bits per heavy atom. The molecule has 37 heavy (non-hydrogen) atoms. The maximum absolute atomic E-state index is 13.1. The number of alkyl halides is 3. The van der Waals surface area contributed by atoms with E-state index in [0.717, 1.165) is 4.68 Å². The van der Waals surface area contributed by atoms with Gasteiger partial charge in [0.05, 0.1) is 17.3 Å². The highest BCUT2D eigenvalue weighted by molar-refractivity contribution is 6.32. The third kappa shape index (κ3) is 5.53. The zero-order valence-electron chi connectivity index (χ0n) is 18.9. The van der Waals surface area contributed by atoms with Crippen LogP contribution in [0.3, 0.4) is 0 Å². The second-order valence-corrected chi connectivity index (χ2v) is 8.58. The fourth-order valence-corrected chi connectivity index (χ4v) is 3.75. The molecular weight excluding hydrogens is 538 g/mol. The maximum Gasteiger partial charge on any atom is 0.416 e. The highest BCUT2D eigenvalue weighted by atomic mass is 35.5. The number of carbonyl (C=O) groups is 1. The number of halogens is 5. The van der Waals surface area contributed by atoms with Gasteiger partial charge in [-0.3, -0.25) is 9.36 Å². The Kier molecular flexibility index (Phi) is 7.39. The van der Waals surface area contributed by atoms with Gasteiger partial charge in [0.25, 0.3) is 5.91 Å². The summed E-state index contributed by atoms with van der Waals surface area (Å²) in [5.41, 5.74) is -0.325. The van der Waals surface area contributed by atoms with E-state index in [1.807, 2.05) is 0 Å². The summed E-state index contributed by atoms with van der Waals surface area (Å²) in [6.45, 7) is -1.48. The zero-order valence-corrected chi connectivity index (χ0v) is 20.5. The van der Waals surface area contributed by atoms with Crippen molar-refractivity contribution in [3.05, 3.63) is 80.7 Å². The highest BCUT2D eigenvalue weighted by Crippen LogP contribution is 2.24. The number of hydrogen-bond acceptors (Lipinski definition) is 6. The molecule has 0 radical (unpaired) electrons. The normalized spacial score (nSPS) is 12.5. The van der Waals surface area contributed by atoms with Gasteiger partial charge in [-0.1, -0.05) is 35.3 Å². The smallest absolute Gasteiger partial charge is 0.382 e. The van der Waals surface area contributed by atoms with Gasteiger partial charge in [-0.25, -0.2) is 19.1 Å². The van der Waals surface area contributed by atoms with Gasteiger partial charge >= 0.3 is 11.9 Å². The fourth-order valence-electron chi connectivity index (χ4n) is 3.40. The first-order valence-corrected chi connectivity index (χ1v) is 11.4. The lowest BCUT2D eigenvalue weighted by Gasteiger charge is -2.15. The summed E-state index contributed by atoms with van der Waals surface area (Å²) in [6.07, 6.45) is -7.78. The third-order valence-corrected chi connectivity index (χ3v) is 5.78. The molecule has 0 saturated carbocycles. The van der Waals surface area contributed by atoms with Crippen LogP contribution < -0.4 is 11.0 Å². The minimum Gasteiger partial charge on any atom is -0.382 e. The average molecular weight is 556 g/mol. The molecule has 10 nitrogen and oxygen atoms in total. The number of aliphatic hydroxyl groups excluding tert-OH is 1. The molecule has 0 aliphatic carbocycles. The largest absolute Gasteiger partial charge is 0.416 e. The monoisotopic (exact) mass is 555 g/mol. The van der Waals surface area contributed by atoms with Gasteiger partial charge in [-0.2, -0.15) is 13.2 Å². The van der Waals surface area contributed by atoms with E-state index in [4.69, 9.17) is 23.2 Å². The van der Waals surface area contributed by atoms with Gasteiger partial charge in [-0.15, -0.1) is 10.2 Å². The molecule has 2 aromatic heterocycles. The summed E-state index contributed by atoms with van der Waals surface area (Å²) < 4.78 is 42.0. The van der Waals surface area contributed by atoms with Gasteiger partial charge in [-0.05, 0) is 36.4 Å². The van der Waals surface area contributed by atoms with Crippen molar-refractivity contribution in [1.82, 2.24) is 34.4 Å². The van der Waals surface area contributed by atoms with Gasteiger partial charge in [0.2, 0.25) is 5.82 Å². The topological polar surface area (TPSA) is 120 Å². The number of nitrogens with zero attached hydrogens (tertiary/aromatic N) is 6. The van der Waals surface area contributed by atoms with Crippen LogP contribution in [0, 0.1) is 0 Å². The third-order valence-electron chi connectivity index (χ3n) is 5.21. The molecule has 0 spiro atoms. The molecule has 2 N–H and O–H groups in total. The summed E-state index contributed by atoms with van der Waals surface area (Å²) in [5, 5.41) is 21.1. The average Bonchev–Trinajstić information content (AvgIpc) is 3.40. The molecule has 4 rings (SSSR count). The quantitative estimate of drug-likeness (QED) is 0.362. The van der Waals surface area contributed by atoms with Gasteiger partial charge in [0.15, 0.2) is 17.8 Å². The molecule has 194 valence electrons. The first kappa shape index (κ1) is 26.4. The minimum absolute atomic E-state index is 0.0377. The van der Waals surface area contributed by atoms with Gasteiger partial charge in [0.1, 0.15) is 6.54 Å². The number of hydrogen-bond donors (Lipinski definition) is 2. The lowest BCUT2D eigenvalue weighted by atomic mass is 10.2. The number of carbonyl (C=O) groups excluding carboxylic acids is 1. The molecule has 1 amide bonds. The van der Waals surface area contributed by atoms with Crippen LogP contribution in [0.5, 0.6) is 0 Å². The maximum atomic E-state index is 13.1. The number of rotatable bonds is 7. The van der Waals surface area contributed by atoms with Crippen LogP contribution in [0.15, 0.2) is 53.3 Å². The minimum atomic E-state index is -4.96. The summed E-state index contributed by atoms with van der Waals surface area (Å²) in [7, 11) is 1.39. The van der Waals surface area contributed by atoms with Crippen molar-refractivity contribution in [3.63, 3.8) is 0 Å². The Balaban J connectivity index is 1.79. The first-order chi connectivity index (χ1) is 17.5. The molecule has 0 bridgehead atoms. The Hall–Kier alpha value is -3.68. The van der Waals surface area contributed by atoms with Crippen LogP contribution in [0.2, 0.25) is 10.0 Å². The number of benzene rings is 2. The van der Waals surface area contributed by atoms with Crippen LogP contribution in [-0.2, 0) is 13.1 Å². The van der Waals surface area contributed by atoms with Crippen LogP contribution in [-0.4, -0.2) is 59.5 Å². The number of amides is 1. The van der Waals surface area contributed by atoms with Crippen molar-refractivity contribution >= 4 is 29.1 Å². The van der Waals surface area contributed by atoms with Crippen molar-refractivity contribution in [2.24, 2.45) is 0 Å². The molecule has 0 saturated heterocycles. The molecule has 1 atom stereocenters. The lowest BCUT2D eigenvalue weighted by Crippen LogP contribution is -2.37. The van der Waals surface area contributed by atoms with Crippen LogP contribution in [0.4, 0.5) is 13.2 Å². The molecule has 4 aromatic rings. The van der Waals surface area contributed by atoms with Crippen molar-refractivity contribution in [1.29, 1.82) is 0 Å². The number of nitrogens with one attached hydrogen (secondary N) is 1. The Bertz CT molecular complexity index is 1500. The van der Waals surface area contributed by atoms with Crippen LogP contribution in [0.1, 0.15) is 16.4 Å². The van der Waals surface area contributed by atoms with E-state index in [1.54, 1.807) is 24.3 Å². The van der Waals surface area contributed by atoms with E-state index >= 15 is 0 Å². The van der Waals surface area contributed by atoms with E-state index in [0.29, 0.717) is 15.3 Å². The summed E-state index contributed by atoms with van der Waals surface area (Å²) in [5.74, 6) is -0.901. The lowest BCUT2D eigenvalue weighted by molar-refractivity contribution is -0.207. The van der Waals surface area contributed by atoms with E-state index in [1.165, 1.54) is 36.0 Å². The Morgan fingerprint density at radius 3 is 2.41 bits per heavy atom. The molecule has 0 unspecified atom stereocenters. The van der Waals surface area contributed by atoms with Crippen molar-refractivity contribution < 1.29 is 23.1 Å². The summed E-state index contributed by atoms with van der Waals surface area (Å²) >= 11 is 12.1. The number of para-hydroxylation sites is 1. The number of aromatic nitrogens is 6. The predicted molar refractivity (Wildman–Crippen MR) is 128 cm³/mol. The van der Waals surface area contributed by atoms with E-state index in [9.17, 15) is 27.9 Å².